The Labute approximate surface area is 42.5 Å². The van der Waals surface area contributed by atoms with Crippen molar-refractivity contribution >= 4 is 34.2 Å². The van der Waals surface area contributed by atoms with E-state index in [1.54, 1.807) is 0 Å². The molecule has 0 nitrogen and oxygen atoms in total. The molecule has 3 heteroatoms. The van der Waals surface area contributed by atoms with E-state index in [9.17, 15) is 4.39 Å². The Balaban J connectivity index is 2.32. The van der Waals surface area contributed by atoms with Gasteiger partial charge in [-0.2, -0.15) is 0 Å². The van der Waals surface area contributed by atoms with E-state index < -0.39 is 3.64 Å². The summed E-state index contributed by atoms with van der Waals surface area (Å²) in [5, 5.41) is 0. The minimum absolute atomic E-state index is 0.641. The SMILES string of the molecule is F[C](Cl)I. The molecule has 0 aromatic heterocycles. The van der Waals surface area contributed by atoms with Gasteiger partial charge in [0.1, 0.15) is 0 Å². The molecule has 1 radical (unpaired) electrons. The molecule has 0 N–H and O–H groups in total. The fraction of sp³-hybridized carbons (Fsp3) is 0. The molecule has 0 aromatic rings. The van der Waals surface area contributed by atoms with Crippen molar-refractivity contribution < 1.29 is 4.39 Å². The Kier molecular flexibility index (Phi) is 2.73. The lowest BCUT2D eigenvalue weighted by Crippen LogP contribution is -1.39. The van der Waals surface area contributed by atoms with Gasteiger partial charge in [-0.1, -0.05) is 11.6 Å². The Bertz CT molecular complexity index is 12.8. The van der Waals surface area contributed by atoms with Crippen molar-refractivity contribution in [3.05, 3.63) is 3.64 Å². The normalized spacial score (nSPS) is 9.00. The minimum Gasteiger partial charge on any atom is -0.208 e. The van der Waals surface area contributed by atoms with Crippen molar-refractivity contribution in [1.29, 1.82) is 0 Å². The van der Waals surface area contributed by atoms with Crippen molar-refractivity contribution in [1.82, 2.24) is 0 Å². The van der Waals surface area contributed by atoms with Crippen molar-refractivity contribution in [3.63, 3.8) is 0 Å². The fourth-order valence-corrected chi connectivity index (χ4v) is 0. The van der Waals surface area contributed by atoms with Crippen molar-refractivity contribution in [2.75, 3.05) is 0 Å². The minimum atomic E-state index is -0.641. The van der Waals surface area contributed by atoms with Gasteiger partial charge in [0.15, 0.2) is 0 Å². The highest BCUT2D eigenvalue weighted by Crippen LogP contribution is 2.15. The van der Waals surface area contributed by atoms with Crippen LogP contribution in [-0.2, 0) is 0 Å². The Hall–Kier alpha value is 0.950. The summed E-state index contributed by atoms with van der Waals surface area (Å²) in [7, 11) is 0. The third-order valence-corrected chi connectivity index (χ3v) is 0. The Morgan fingerprint density at radius 1 is 2.00 bits per heavy atom. The highest BCUT2D eigenvalue weighted by atomic mass is 127. The predicted molar refractivity (Wildman–Crippen MR) is 24.2 cm³/mol. The molecule has 0 aliphatic rings. The molecule has 0 fully saturated rings. The van der Waals surface area contributed by atoms with Crippen LogP contribution in [0.25, 0.3) is 0 Å². The second-order valence-corrected chi connectivity index (χ2v) is 2.13. The van der Waals surface area contributed by atoms with Crippen LogP contribution in [0.5, 0.6) is 0 Å². The van der Waals surface area contributed by atoms with Crippen LogP contribution < -0.4 is 0 Å². The van der Waals surface area contributed by atoms with E-state index in [0.29, 0.717) is 0 Å². The molecular weight excluding hydrogens is 193 g/mol. The first-order valence-corrected chi connectivity index (χ1v) is 2.02. The Morgan fingerprint density at radius 3 is 2.00 bits per heavy atom. The zero-order valence-electron chi connectivity index (χ0n) is 1.63. The molecule has 0 saturated carbocycles. The maximum atomic E-state index is 10.7. The number of hydrogen-bond acceptors (Lipinski definition) is 0. The van der Waals surface area contributed by atoms with Gasteiger partial charge in [-0.3, -0.25) is 0 Å². The topological polar surface area (TPSA) is 0 Å². The van der Waals surface area contributed by atoms with E-state index in [1.165, 1.54) is 22.6 Å². The first-order valence-electron chi connectivity index (χ1n) is 0.567. The molecule has 4 heavy (non-hydrogen) atoms. The molecule has 0 heterocycles. The van der Waals surface area contributed by atoms with Crippen LogP contribution in [0.1, 0.15) is 0 Å². The lowest BCUT2D eigenvalue weighted by Gasteiger charge is -1.65. The molecule has 0 atom stereocenters. The smallest absolute Gasteiger partial charge is 0.208 e. The van der Waals surface area contributed by atoms with Gasteiger partial charge in [-0.25, -0.2) is 4.39 Å². The number of halogens is 3. The Morgan fingerprint density at radius 2 is 2.00 bits per heavy atom. The van der Waals surface area contributed by atoms with Gasteiger partial charge in [0.2, 0.25) is 0 Å². The van der Waals surface area contributed by atoms with Gasteiger partial charge in [0.05, 0.1) is 0 Å². The van der Waals surface area contributed by atoms with Gasteiger partial charge >= 0.3 is 0 Å². The van der Waals surface area contributed by atoms with E-state index in [2.05, 4.69) is 11.6 Å². The summed E-state index contributed by atoms with van der Waals surface area (Å²) in [5.41, 5.74) is 0. The standard InChI is InChI=1S/CClFI/c2-1(3)4. The quantitative estimate of drug-likeness (QED) is 0.517. The van der Waals surface area contributed by atoms with Gasteiger partial charge in [-0.15, -0.1) is 0 Å². The summed E-state index contributed by atoms with van der Waals surface area (Å²) in [6.45, 7) is 0. The van der Waals surface area contributed by atoms with Gasteiger partial charge in [-0.05, 0) is 22.6 Å². The van der Waals surface area contributed by atoms with Crippen LogP contribution in [0, 0.1) is 3.64 Å². The van der Waals surface area contributed by atoms with E-state index >= 15 is 0 Å². The maximum Gasteiger partial charge on any atom is 0.290 e. The lowest BCUT2D eigenvalue weighted by molar-refractivity contribution is 0.674. The average Bonchev–Trinajstić information content (AvgIpc) is 0.811. The predicted octanol–water partition coefficient (Wildman–Crippen LogP) is 2.08. The van der Waals surface area contributed by atoms with Crippen molar-refractivity contribution in [2.24, 2.45) is 0 Å². The summed E-state index contributed by atoms with van der Waals surface area (Å²) in [5.74, 6) is 0. The van der Waals surface area contributed by atoms with E-state index in [1.807, 2.05) is 0 Å². The van der Waals surface area contributed by atoms with E-state index in [-0.39, 0.29) is 0 Å². The second-order valence-electron chi connectivity index (χ2n) is 0.214. The summed E-state index contributed by atoms with van der Waals surface area (Å²) in [6, 6.07) is 0. The maximum absolute atomic E-state index is 10.7. The molecule has 0 aliphatic carbocycles. The molecule has 0 bridgehead atoms. The van der Waals surface area contributed by atoms with Crippen LogP contribution in [0.2, 0.25) is 0 Å². The molecule has 0 unspecified atom stereocenters. The lowest BCUT2D eigenvalue weighted by atomic mass is 11.8. The molecule has 0 amide bonds. The zero-order chi connectivity index (χ0) is 3.58. The second kappa shape index (κ2) is 2.20. The van der Waals surface area contributed by atoms with Crippen molar-refractivity contribution in [2.45, 2.75) is 0 Å². The molecule has 0 spiro atoms. The fourth-order valence-electron chi connectivity index (χ4n) is 0. The number of hydrogen-bond donors (Lipinski definition) is 0. The van der Waals surface area contributed by atoms with Crippen LogP contribution in [-0.4, -0.2) is 0 Å². The third-order valence-electron chi connectivity index (χ3n) is 0. The molecule has 25 valence electrons. The number of rotatable bonds is 0. The molecule has 0 aromatic carbocycles. The zero-order valence-corrected chi connectivity index (χ0v) is 4.55. The van der Waals surface area contributed by atoms with E-state index in [0.717, 1.165) is 0 Å². The monoisotopic (exact) mass is 193 g/mol. The summed E-state index contributed by atoms with van der Waals surface area (Å²) in [6.07, 6.45) is 0. The van der Waals surface area contributed by atoms with Gasteiger partial charge in [0.25, 0.3) is 3.64 Å². The van der Waals surface area contributed by atoms with E-state index in [4.69, 9.17) is 0 Å². The molecule has 0 rings (SSSR count). The van der Waals surface area contributed by atoms with Gasteiger partial charge in [0, 0.05) is 0 Å². The van der Waals surface area contributed by atoms with Crippen LogP contribution in [0.3, 0.4) is 0 Å². The largest absolute Gasteiger partial charge is 0.290 e. The summed E-state index contributed by atoms with van der Waals surface area (Å²) in [4.78, 5) is 0. The first-order chi connectivity index (χ1) is 1.73. The van der Waals surface area contributed by atoms with Crippen LogP contribution in [0.4, 0.5) is 4.39 Å². The molecular formula is CClFI. The highest BCUT2D eigenvalue weighted by Gasteiger charge is 1.84. The van der Waals surface area contributed by atoms with Crippen molar-refractivity contribution in [3.8, 4) is 0 Å². The highest BCUT2D eigenvalue weighted by molar-refractivity contribution is 14.1. The van der Waals surface area contributed by atoms with Gasteiger partial charge < -0.3 is 0 Å². The molecule has 0 saturated heterocycles. The third kappa shape index (κ3) is 12.4. The first kappa shape index (κ1) is 4.95. The van der Waals surface area contributed by atoms with Crippen LogP contribution in [0.15, 0.2) is 0 Å². The van der Waals surface area contributed by atoms with Crippen LogP contribution >= 0.6 is 34.2 Å². The molecule has 0 aliphatic heterocycles. The summed E-state index contributed by atoms with van der Waals surface area (Å²) >= 11 is 5.87. The summed E-state index contributed by atoms with van der Waals surface area (Å²) < 4.78 is 10.0. The average molecular weight is 193 g/mol.